The first-order valence-electron chi connectivity index (χ1n) is 14.8. The molecule has 1 atom stereocenters. The molecule has 1 fully saturated rings. The van der Waals surface area contributed by atoms with Gasteiger partial charge >= 0.3 is 0 Å². The van der Waals surface area contributed by atoms with Crippen LogP contribution in [0.1, 0.15) is 56.1 Å². The van der Waals surface area contributed by atoms with Crippen molar-refractivity contribution in [3.8, 4) is 0 Å². The first kappa shape index (κ1) is 33.4. The van der Waals surface area contributed by atoms with Crippen LogP contribution < -0.4 is 9.62 Å². The maximum absolute atomic E-state index is 14.0. The van der Waals surface area contributed by atoms with E-state index in [-0.39, 0.29) is 55.9 Å². The summed E-state index contributed by atoms with van der Waals surface area (Å²) in [7, 11) is -3.87. The van der Waals surface area contributed by atoms with E-state index in [2.05, 4.69) is 5.32 Å². The second-order valence-electron chi connectivity index (χ2n) is 11.2. The molecule has 3 aromatic rings. The highest BCUT2D eigenvalue weighted by molar-refractivity contribution is 7.92. The smallest absolute Gasteiger partial charge is 0.243 e. The molecule has 0 spiro atoms. The van der Waals surface area contributed by atoms with Gasteiger partial charge in [0.1, 0.15) is 6.04 Å². The lowest BCUT2D eigenvalue weighted by Crippen LogP contribution is -2.52. The first-order chi connectivity index (χ1) is 21.0. The molecular formula is C33H38ClF2N3O4S. The molecular weight excluding hydrogens is 608 g/mol. The molecule has 2 amide bonds. The molecule has 0 aliphatic heterocycles. The minimum absolute atomic E-state index is 0.0385. The lowest BCUT2D eigenvalue weighted by atomic mass is 9.94. The van der Waals surface area contributed by atoms with Crippen molar-refractivity contribution < 1.29 is 26.8 Å². The zero-order chi connectivity index (χ0) is 31.7. The van der Waals surface area contributed by atoms with E-state index in [0.29, 0.717) is 5.02 Å². The molecule has 3 aromatic carbocycles. The first-order valence-corrected chi connectivity index (χ1v) is 17.0. The van der Waals surface area contributed by atoms with Crippen molar-refractivity contribution in [1.29, 1.82) is 0 Å². The van der Waals surface area contributed by atoms with Crippen LogP contribution in [0.3, 0.4) is 0 Å². The number of hydrogen-bond donors (Lipinski definition) is 1. The number of nitrogens with one attached hydrogen (secondary N) is 1. The summed E-state index contributed by atoms with van der Waals surface area (Å²) in [6, 6.07) is 18.6. The Kier molecular flexibility index (Phi) is 11.7. The summed E-state index contributed by atoms with van der Waals surface area (Å²) in [4.78, 5) is 29.4. The summed E-state index contributed by atoms with van der Waals surface area (Å²) in [5.74, 6) is -2.85. The maximum atomic E-state index is 14.0. The summed E-state index contributed by atoms with van der Waals surface area (Å²) in [6.07, 6.45) is 6.23. The molecule has 0 bridgehead atoms. The molecule has 0 heterocycles. The molecule has 0 radical (unpaired) electrons. The second-order valence-corrected chi connectivity index (χ2v) is 13.6. The van der Waals surface area contributed by atoms with Gasteiger partial charge in [0.25, 0.3) is 0 Å². The molecule has 1 saturated carbocycles. The fourth-order valence-corrected chi connectivity index (χ4v) is 6.74. The molecule has 1 aliphatic carbocycles. The zero-order valence-electron chi connectivity index (χ0n) is 24.7. The number of rotatable bonds is 13. The highest BCUT2D eigenvalue weighted by Crippen LogP contribution is 2.24. The van der Waals surface area contributed by atoms with Gasteiger partial charge in [0, 0.05) is 43.1 Å². The van der Waals surface area contributed by atoms with Crippen LogP contribution in [-0.2, 0) is 32.6 Å². The fraction of sp³-hybridized carbons (Fsp3) is 0.394. The Morgan fingerprint density at radius 2 is 1.64 bits per heavy atom. The topological polar surface area (TPSA) is 86.8 Å². The Bertz CT molecular complexity index is 1530. The Labute approximate surface area is 263 Å². The Balaban J connectivity index is 1.59. The predicted molar refractivity (Wildman–Crippen MR) is 169 cm³/mol. The molecule has 236 valence electrons. The quantitative estimate of drug-likeness (QED) is 0.238. The molecule has 11 heteroatoms. The molecule has 0 saturated heterocycles. The molecule has 4 rings (SSSR count). The monoisotopic (exact) mass is 645 g/mol. The minimum Gasteiger partial charge on any atom is -0.352 e. The van der Waals surface area contributed by atoms with E-state index in [0.717, 1.165) is 65.9 Å². The van der Waals surface area contributed by atoms with E-state index in [4.69, 9.17) is 11.6 Å². The third-order valence-electron chi connectivity index (χ3n) is 7.81. The number of nitrogens with zero attached hydrogens (tertiary/aromatic N) is 2. The van der Waals surface area contributed by atoms with Crippen molar-refractivity contribution in [2.24, 2.45) is 0 Å². The second kappa shape index (κ2) is 15.5. The van der Waals surface area contributed by atoms with Crippen molar-refractivity contribution in [1.82, 2.24) is 10.2 Å². The van der Waals surface area contributed by atoms with Crippen molar-refractivity contribution in [3.05, 3.63) is 101 Å². The summed E-state index contributed by atoms with van der Waals surface area (Å²) in [5.41, 5.74) is 1.60. The van der Waals surface area contributed by atoms with Gasteiger partial charge in [-0.3, -0.25) is 13.9 Å². The summed E-state index contributed by atoms with van der Waals surface area (Å²) >= 11 is 6.25. The zero-order valence-corrected chi connectivity index (χ0v) is 26.3. The van der Waals surface area contributed by atoms with Gasteiger partial charge in [0.05, 0.1) is 11.9 Å². The van der Waals surface area contributed by atoms with Gasteiger partial charge < -0.3 is 10.2 Å². The molecule has 0 aromatic heterocycles. The van der Waals surface area contributed by atoms with Crippen LogP contribution in [0.25, 0.3) is 0 Å². The lowest BCUT2D eigenvalue weighted by molar-refractivity contribution is -0.141. The van der Waals surface area contributed by atoms with Crippen LogP contribution >= 0.6 is 11.6 Å². The summed E-state index contributed by atoms with van der Waals surface area (Å²) < 4.78 is 53.5. The third-order valence-corrected chi connectivity index (χ3v) is 9.24. The number of sulfonamides is 1. The number of benzene rings is 3. The van der Waals surface area contributed by atoms with E-state index in [1.165, 1.54) is 6.07 Å². The van der Waals surface area contributed by atoms with E-state index in [9.17, 15) is 26.8 Å². The molecule has 1 aliphatic rings. The Morgan fingerprint density at radius 3 is 2.30 bits per heavy atom. The Hall–Kier alpha value is -3.50. The van der Waals surface area contributed by atoms with E-state index in [1.54, 1.807) is 23.1 Å². The lowest BCUT2D eigenvalue weighted by Gasteiger charge is -2.34. The molecule has 1 N–H and O–H groups in total. The van der Waals surface area contributed by atoms with Gasteiger partial charge in [-0.2, -0.15) is 0 Å². The van der Waals surface area contributed by atoms with Gasteiger partial charge in [0.15, 0.2) is 11.6 Å². The minimum atomic E-state index is -3.87. The highest BCUT2D eigenvalue weighted by atomic mass is 35.5. The van der Waals surface area contributed by atoms with Crippen LogP contribution in [0.2, 0.25) is 5.02 Å². The van der Waals surface area contributed by atoms with Gasteiger partial charge in [-0.1, -0.05) is 73.3 Å². The van der Waals surface area contributed by atoms with Crippen molar-refractivity contribution >= 4 is 39.1 Å². The van der Waals surface area contributed by atoms with Gasteiger partial charge in [-0.05, 0) is 54.7 Å². The van der Waals surface area contributed by atoms with Crippen molar-refractivity contribution in [2.45, 2.75) is 70.0 Å². The summed E-state index contributed by atoms with van der Waals surface area (Å²) in [5, 5.41) is 3.68. The van der Waals surface area contributed by atoms with Crippen molar-refractivity contribution in [3.63, 3.8) is 0 Å². The highest BCUT2D eigenvalue weighted by Gasteiger charge is 2.32. The van der Waals surface area contributed by atoms with Crippen molar-refractivity contribution in [2.75, 3.05) is 17.1 Å². The fourth-order valence-electron chi connectivity index (χ4n) is 5.57. The Morgan fingerprint density at radius 1 is 0.932 bits per heavy atom. The molecule has 44 heavy (non-hydrogen) atoms. The number of amides is 2. The van der Waals surface area contributed by atoms with Crippen LogP contribution in [0.5, 0.6) is 0 Å². The van der Waals surface area contributed by atoms with Crippen LogP contribution in [0.15, 0.2) is 72.8 Å². The van der Waals surface area contributed by atoms with E-state index in [1.807, 2.05) is 36.4 Å². The molecule has 7 nitrogen and oxygen atoms in total. The normalized spacial score (nSPS) is 14.5. The molecule has 0 unspecified atom stereocenters. The predicted octanol–water partition coefficient (Wildman–Crippen LogP) is 6.25. The number of halogens is 3. The van der Waals surface area contributed by atoms with Gasteiger partial charge in [0.2, 0.25) is 21.8 Å². The number of carbonyl (C=O) groups is 2. The number of anilines is 1. The van der Waals surface area contributed by atoms with E-state index >= 15 is 0 Å². The van der Waals surface area contributed by atoms with Crippen LogP contribution in [-0.4, -0.2) is 50.0 Å². The standard InChI is InChI=1S/C33H38ClF2N3O4S/c1-44(42,43)39(28-17-18-29(35)30(36)22-28)19-9-16-32(40)38(23-25-12-8-13-26(34)20-25)31(21-24-10-4-2-5-11-24)33(41)37-27-14-6-3-7-15-27/h2,4-5,8,10-13,17-18,20,22,27,31H,3,6-7,9,14-16,19,21,23H2,1H3,(H,37,41)/t31-/m0/s1. The van der Waals surface area contributed by atoms with Crippen LogP contribution in [0.4, 0.5) is 14.5 Å². The largest absolute Gasteiger partial charge is 0.352 e. The number of hydrogen-bond acceptors (Lipinski definition) is 4. The third kappa shape index (κ3) is 9.50. The van der Waals surface area contributed by atoms with Gasteiger partial charge in [-0.25, -0.2) is 17.2 Å². The van der Waals surface area contributed by atoms with E-state index < -0.39 is 27.7 Å². The average Bonchev–Trinajstić information content (AvgIpc) is 2.99. The average molecular weight is 646 g/mol. The summed E-state index contributed by atoms with van der Waals surface area (Å²) in [6.45, 7) is -0.0216. The number of carbonyl (C=O) groups excluding carboxylic acids is 2. The maximum Gasteiger partial charge on any atom is 0.243 e. The SMILES string of the molecule is CS(=O)(=O)N(CCCC(=O)N(Cc1cccc(Cl)c1)[C@@H](Cc1ccccc1)C(=O)NC1CCCCC1)c1ccc(F)c(F)c1. The van der Waals surface area contributed by atoms with Gasteiger partial charge in [-0.15, -0.1) is 0 Å². The van der Waals surface area contributed by atoms with Crippen LogP contribution in [0, 0.1) is 11.6 Å².